The number of carboxylic acid groups (broad SMARTS) is 1. The Morgan fingerprint density at radius 2 is 2.05 bits per heavy atom. The third kappa shape index (κ3) is 2.41. The Morgan fingerprint density at radius 1 is 1.21 bits per heavy atom. The van der Waals surface area contributed by atoms with E-state index in [1.165, 1.54) is 18.4 Å². The lowest BCUT2D eigenvalue weighted by Gasteiger charge is -2.22. The van der Waals surface area contributed by atoms with E-state index in [9.17, 15) is 9.90 Å². The summed E-state index contributed by atoms with van der Waals surface area (Å²) < 4.78 is 0. The summed E-state index contributed by atoms with van der Waals surface area (Å²) in [5.74, 6) is -0.116. The molecular formula is C14H19N3O2. The summed E-state index contributed by atoms with van der Waals surface area (Å²) in [7, 11) is 0. The zero-order chi connectivity index (χ0) is 13.2. The Labute approximate surface area is 112 Å². The fourth-order valence-corrected chi connectivity index (χ4v) is 3.25. The van der Waals surface area contributed by atoms with Gasteiger partial charge >= 0.3 is 5.97 Å². The Balaban J connectivity index is 1.81. The van der Waals surface area contributed by atoms with Gasteiger partial charge in [0.15, 0.2) is 0 Å². The Kier molecular flexibility index (Phi) is 3.36. The molecule has 1 aromatic heterocycles. The Bertz CT molecular complexity index is 490. The van der Waals surface area contributed by atoms with Crippen LogP contribution in [0.3, 0.4) is 0 Å². The maximum atomic E-state index is 11.2. The highest BCUT2D eigenvalue weighted by Crippen LogP contribution is 2.31. The number of anilines is 1. The first-order valence-electron chi connectivity index (χ1n) is 7.08. The third-order valence-electron chi connectivity index (χ3n) is 4.28. The quantitative estimate of drug-likeness (QED) is 0.870. The van der Waals surface area contributed by atoms with Crippen molar-refractivity contribution in [2.45, 2.75) is 51.0 Å². The second-order valence-corrected chi connectivity index (χ2v) is 5.48. The normalized spacial score (nSPS) is 25.9. The molecule has 2 N–H and O–H groups in total. The molecule has 1 heterocycles. The van der Waals surface area contributed by atoms with Crippen molar-refractivity contribution in [1.29, 1.82) is 0 Å². The molecule has 3 rings (SSSR count). The average molecular weight is 261 g/mol. The van der Waals surface area contributed by atoms with Crippen molar-refractivity contribution in [3.63, 3.8) is 0 Å². The first-order valence-corrected chi connectivity index (χ1v) is 7.08. The van der Waals surface area contributed by atoms with Crippen molar-refractivity contribution in [3.05, 3.63) is 17.6 Å². The van der Waals surface area contributed by atoms with Gasteiger partial charge in [0.25, 0.3) is 0 Å². The number of nitrogens with zero attached hydrogens (tertiary/aromatic N) is 2. The maximum absolute atomic E-state index is 11.2. The summed E-state index contributed by atoms with van der Waals surface area (Å²) in [5.41, 5.74) is 2.33. The van der Waals surface area contributed by atoms with Gasteiger partial charge in [-0.15, -0.1) is 0 Å². The zero-order valence-electron chi connectivity index (χ0n) is 10.9. The van der Waals surface area contributed by atoms with Crippen LogP contribution in [0.2, 0.25) is 0 Å². The van der Waals surface area contributed by atoms with Gasteiger partial charge in [0.2, 0.25) is 0 Å². The highest BCUT2D eigenvalue weighted by atomic mass is 16.4. The number of nitrogens with one attached hydrogen (secondary N) is 1. The molecule has 5 heteroatoms. The molecule has 2 aliphatic rings. The van der Waals surface area contributed by atoms with Crippen molar-refractivity contribution < 1.29 is 9.90 Å². The largest absolute Gasteiger partial charge is 0.481 e. The topological polar surface area (TPSA) is 75.1 Å². The highest BCUT2D eigenvalue weighted by Gasteiger charge is 2.33. The van der Waals surface area contributed by atoms with Gasteiger partial charge in [-0.3, -0.25) is 4.79 Å². The van der Waals surface area contributed by atoms with Crippen LogP contribution in [0.5, 0.6) is 0 Å². The van der Waals surface area contributed by atoms with Gasteiger partial charge in [0.1, 0.15) is 12.1 Å². The van der Waals surface area contributed by atoms with Crippen LogP contribution < -0.4 is 5.32 Å². The first-order chi connectivity index (χ1) is 9.25. The molecule has 2 atom stereocenters. The molecule has 0 spiro atoms. The Hall–Kier alpha value is -1.65. The SMILES string of the molecule is O=C(O)C1CCCC1Nc1ncnc2c1CCCC2. The van der Waals surface area contributed by atoms with Crippen LogP contribution in [0.4, 0.5) is 5.82 Å². The highest BCUT2D eigenvalue weighted by molar-refractivity contribution is 5.72. The van der Waals surface area contributed by atoms with Crippen LogP contribution in [0, 0.1) is 5.92 Å². The number of aryl methyl sites for hydroxylation is 1. The molecule has 5 nitrogen and oxygen atoms in total. The van der Waals surface area contributed by atoms with Crippen molar-refractivity contribution >= 4 is 11.8 Å². The van der Waals surface area contributed by atoms with E-state index in [4.69, 9.17) is 0 Å². The van der Waals surface area contributed by atoms with Gasteiger partial charge in [0.05, 0.1) is 5.92 Å². The molecule has 0 aliphatic heterocycles. The maximum Gasteiger partial charge on any atom is 0.308 e. The lowest BCUT2D eigenvalue weighted by Crippen LogP contribution is -2.31. The average Bonchev–Trinajstić information content (AvgIpc) is 2.87. The molecule has 19 heavy (non-hydrogen) atoms. The number of rotatable bonds is 3. The van der Waals surface area contributed by atoms with Gasteiger partial charge in [-0.2, -0.15) is 0 Å². The monoisotopic (exact) mass is 261 g/mol. The van der Waals surface area contributed by atoms with Crippen LogP contribution >= 0.6 is 0 Å². The molecule has 0 bridgehead atoms. The minimum atomic E-state index is -0.696. The molecule has 1 saturated carbocycles. The van der Waals surface area contributed by atoms with E-state index < -0.39 is 5.97 Å². The number of hydrogen-bond donors (Lipinski definition) is 2. The summed E-state index contributed by atoms with van der Waals surface area (Å²) in [6.45, 7) is 0. The second-order valence-electron chi connectivity index (χ2n) is 5.48. The summed E-state index contributed by atoms with van der Waals surface area (Å²) in [5, 5.41) is 12.6. The van der Waals surface area contributed by atoms with Crippen LogP contribution in [0.1, 0.15) is 43.4 Å². The summed E-state index contributed by atoms with van der Waals surface area (Å²) in [4.78, 5) is 19.9. The molecule has 0 aromatic carbocycles. The van der Waals surface area contributed by atoms with Gasteiger partial charge in [-0.25, -0.2) is 9.97 Å². The van der Waals surface area contributed by atoms with E-state index in [-0.39, 0.29) is 12.0 Å². The number of hydrogen-bond acceptors (Lipinski definition) is 4. The van der Waals surface area contributed by atoms with Crippen LogP contribution in [-0.2, 0) is 17.6 Å². The van der Waals surface area contributed by atoms with E-state index in [1.807, 2.05) is 0 Å². The molecule has 0 amide bonds. The first kappa shape index (κ1) is 12.4. The predicted octanol–water partition coefficient (Wildman–Crippen LogP) is 2.02. The van der Waals surface area contributed by atoms with E-state index in [0.717, 1.165) is 43.6 Å². The molecule has 2 unspecified atom stereocenters. The van der Waals surface area contributed by atoms with Crippen molar-refractivity contribution in [1.82, 2.24) is 9.97 Å². The summed E-state index contributed by atoms with van der Waals surface area (Å²) in [6, 6.07) is 0.0124. The molecule has 1 aromatic rings. The summed E-state index contributed by atoms with van der Waals surface area (Å²) in [6.07, 6.45) is 8.62. The smallest absolute Gasteiger partial charge is 0.308 e. The van der Waals surface area contributed by atoms with Crippen molar-refractivity contribution in [3.8, 4) is 0 Å². The zero-order valence-corrected chi connectivity index (χ0v) is 10.9. The number of aliphatic carboxylic acids is 1. The summed E-state index contributed by atoms with van der Waals surface area (Å²) >= 11 is 0. The minimum Gasteiger partial charge on any atom is -0.481 e. The molecule has 0 saturated heterocycles. The lowest BCUT2D eigenvalue weighted by atomic mass is 9.96. The number of carboxylic acids is 1. The molecule has 102 valence electrons. The van der Waals surface area contributed by atoms with E-state index in [2.05, 4.69) is 15.3 Å². The van der Waals surface area contributed by atoms with Crippen molar-refractivity contribution in [2.24, 2.45) is 5.92 Å². The fourth-order valence-electron chi connectivity index (χ4n) is 3.25. The molecule has 1 fully saturated rings. The standard InChI is InChI=1S/C14H19N3O2/c18-14(19)10-5-3-7-12(10)17-13-9-4-1-2-6-11(9)15-8-16-13/h8,10,12H,1-7H2,(H,18,19)(H,15,16,17). The number of fused-ring (bicyclic) bond motifs is 1. The van der Waals surface area contributed by atoms with E-state index in [1.54, 1.807) is 6.33 Å². The molecule has 2 aliphatic carbocycles. The lowest BCUT2D eigenvalue weighted by molar-refractivity contribution is -0.141. The molecule has 0 radical (unpaired) electrons. The van der Waals surface area contributed by atoms with Gasteiger partial charge in [-0.05, 0) is 38.5 Å². The van der Waals surface area contributed by atoms with Gasteiger partial charge in [0, 0.05) is 17.3 Å². The van der Waals surface area contributed by atoms with Crippen LogP contribution in [-0.4, -0.2) is 27.1 Å². The number of aromatic nitrogens is 2. The van der Waals surface area contributed by atoms with E-state index >= 15 is 0 Å². The Morgan fingerprint density at radius 3 is 2.89 bits per heavy atom. The molecular weight excluding hydrogens is 242 g/mol. The minimum absolute atomic E-state index is 0.0124. The second kappa shape index (κ2) is 5.15. The number of carbonyl (C=O) groups is 1. The van der Waals surface area contributed by atoms with Crippen molar-refractivity contribution in [2.75, 3.05) is 5.32 Å². The van der Waals surface area contributed by atoms with Gasteiger partial charge < -0.3 is 10.4 Å². The third-order valence-corrected chi connectivity index (χ3v) is 4.28. The van der Waals surface area contributed by atoms with Crippen LogP contribution in [0.15, 0.2) is 6.33 Å². The van der Waals surface area contributed by atoms with Gasteiger partial charge in [-0.1, -0.05) is 6.42 Å². The van der Waals surface area contributed by atoms with Crippen LogP contribution in [0.25, 0.3) is 0 Å². The van der Waals surface area contributed by atoms with E-state index in [0.29, 0.717) is 0 Å². The fraction of sp³-hybridized carbons (Fsp3) is 0.643. The predicted molar refractivity (Wildman–Crippen MR) is 71.1 cm³/mol.